The molecule has 0 radical (unpaired) electrons. The Kier molecular flexibility index (Phi) is 5.89. The molecule has 32 heavy (non-hydrogen) atoms. The topological polar surface area (TPSA) is 121 Å². The first-order valence-electron chi connectivity index (χ1n) is 9.63. The van der Waals surface area contributed by atoms with Crippen LogP contribution in [0.2, 0.25) is 0 Å². The van der Waals surface area contributed by atoms with E-state index < -0.39 is 12.1 Å². The van der Waals surface area contributed by atoms with Crippen LogP contribution in [0.3, 0.4) is 0 Å². The number of esters is 1. The van der Waals surface area contributed by atoms with Crippen molar-refractivity contribution in [1.82, 2.24) is 9.97 Å². The van der Waals surface area contributed by atoms with Crippen LogP contribution in [0, 0.1) is 0 Å². The quantitative estimate of drug-likeness (QED) is 0.371. The standard InChI is InChI=1S/C23H17N3O6/c1-2-30-23(29)26-18-11-15(32-22(28)14-5-3-9-24-12-14)7-8-16(18)17-13-31-19-6-4-10-25-20(19)21(17)27/h3-13H,2H2,1H3,(H,26,29). The highest BCUT2D eigenvalue weighted by Gasteiger charge is 2.17. The predicted molar refractivity (Wildman–Crippen MR) is 116 cm³/mol. The minimum atomic E-state index is -0.729. The van der Waals surface area contributed by atoms with E-state index in [2.05, 4.69) is 15.3 Å². The average molecular weight is 431 g/mol. The molecule has 3 aromatic heterocycles. The van der Waals surface area contributed by atoms with Crippen molar-refractivity contribution >= 4 is 28.8 Å². The van der Waals surface area contributed by atoms with Gasteiger partial charge in [-0.15, -0.1) is 0 Å². The van der Waals surface area contributed by atoms with E-state index in [0.717, 1.165) is 0 Å². The Morgan fingerprint density at radius 1 is 1.09 bits per heavy atom. The zero-order valence-electron chi connectivity index (χ0n) is 16.9. The van der Waals surface area contributed by atoms with Gasteiger partial charge < -0.3 is 13.9 Å². The first-order valence-corrected chi connectivity index (χ1v) is 9.63. The zero-order chi connectivity index (χ0) is 22.5. The van der Waals surface area contributed by atoms with Crippen molar-refractivity contribution in [3.8, 4) is 16.9 Å². The second kappa shape index (κ2) is 9.09. The highest BCUT2D eigenvalue weighted by atomic mass is 16.5. The number of nitrogens with one attached hydrogen (secondary N) is 1. The average Bonchev–Trinajstić information content (AvgIpc) is 2.81. The van der Waals surface area contributed by atoms with E-state index in [4.69, 9.17) is 13.9 Å². The van der Waals surface area contributed by atoms with Gasteiger partial charge in [0.25, 0.3) is 0 Å². The lowest BCUT2D eigenvalue weighted by atomic mass is 10.0. The lowest BCUT2D eigenvalue weighted by Crippen LogP contribution is -2.16. The maximum atomic E-state index is 13.0. The molecule has 0 aliphatic rings. The number of aromatic nitrogens is 2. The van der Waals surface area contributed by atoms with Crippen LogP contribution in [-0.2, 0) is 4.74 Å². The summed E-state index contributed by atoms with van der Waals surface area (Å²) in [4.78, 5) is 45.4. The summed E-state index contributed by atoms with van der Waals surface area (Å²) in [6, 6.07) is 10.9. The maximum Gasteiger partial charge on any atom is 0.411 e. The zero-order valence-corrected chi connectivity index (χ0v) is 16.9. The van der Waals surface area contributed by atoms with Crippen LogP contribution in [0.5, 0.6) is 5.75 Å². The fraction of sp³-hybridized carbons (Fsp3) is 0.0870. The van der Waals surface area contributed by atoms with E-state index in [1.54, 1.807) is 31.2 Å². The molecule has 1 N–H and O–H groups in total. The van der Waals surface area contributed by atoms with E-state index in [1.807, 2.05) is 0 Å². The number of hydrogen-bond donors (Lipinski definition) is 1. The molecule has 1 aromatic carbocycles. The molecule has 4 aromatic rings. The number of benzene rings is 1. The highest BCUT2D eigenvalue weighted by molar-refractivity contribution is 5.94. The van der Waals surface area contributed by atoms with Crippen LogP contribution >= 0.6 is 0 Å². The van der Waals surface area contributed by atoms with E-state index in [-0.39, 0.29) is 40.1 Å². The third-order valence-electron chi connectivity index (χ3n) is 4.44. The second-order valence-corrected chi connectivity index (χ2v) is 6.51. The normalized spacial score (nSPS) is 10.5. The Hall–Kier alpha value is -4.53. The van der Waals surface area contributed by atoms with Gasteiger partial charge in [-0.1, -0.05) is 0 Å². The molecule has 0 aliphatic carbocycles. The summed E-state index contributed by atoms with van der Waals surface area (Å²) >= 11 is 0. The van der Waals surface area contributed by atoms with Crippen LogP contribution < -0.4 is 15.5 Å². The first-order chi connectivity index (χ1) is 15.6. The summed E-state index contributed by atoms with van der Waals surface area (Å²) in [5.41, 5.74) is 1.09. The van der Waals surface area contributed by atoms with E-state index in [9.17, 15) is 14.4 Å². The highest BCUT2D eigenvalue weighted by Crippen LogP contribution is 2.31. The second-order valence-electron chi connectivity index (χ2n) is 6.51. The molecule has 0 saturated carbocycles. The number of amides is 1. The Morgan fingerprint density at radius 2 is 1.94 bits per heavy atom. The summed E-state index contributed by atoms with van der Waals surface area (Å²) in [6.07, 6.45) is 4.97. The predicted octanol–water partition coefficient (Wildman–Crippen LogP) is 4.04. The fourth-order valence-electron chi connectivity index (χ4n) is 3.00. The number of rotatable bonds is 5. The van der Waals surface area contributed by atoms with Crippen LogP contribution in [0.1, 0.15) is 17.3 Å². The molecule has 0 fully saturated rings. The minimum Gasteiger partial charge on any atom is -0.462 e. The van der Waals surface area contributed by atoms with Gasteiger partial charge in [-0.3, -0.25) is 15.1 Å². The lowest BCUT2D eigenvalue weighted by Gasteiger charge is -2.13. The lowest BCUT2D eigenvalue weighted by molar-refractivity contribution is 0.0734. The summed E-state index contributed by atoms with van der Waals surface area (Å²) in [7, 11) is 0. The number of fused-ring (bicyclic) bond motifs is 1. The van der Waals surface area contributed by atoms with Crippen LogP contribution in [0.15, 0.2) is 76.5 Å². The van der Waals surface area contributed by atoms with Crippen molar-refractivity contribution in [3.63, 3.8) is 0 Å². The molecule has 3 heterocycles. The van der Waals surface area contributed by atoms with E-state index in [0.29, 0.717) is 11.1 Å². The molecular formula is C23H17N3O6. The van der Waals surface area contributed by atoms with Gasteiger partial charge >= 0.3 is 12.1 Å². The Morgan fingerprint density at radius 3 is 2.72 bits per heavy atom. The summed E-state index contributed by atoms with van der Waals surface area (Å²) in [5.74, 6) is -0.472. The van der Waals surface area contributed by atoms with Crippen molar-refractivity contribution < 1.29 is 23.5 Å². The first kappa shape index (κ1) is 20.7. The molecule has 9 heteroatoms. The minimum absolute atomic E-state index is 0.151. The van der Waals surface area contributed by atoms with Gasteiger partial charge in [0.1, 0.15) is 12.0 Å². The number of ether oxygens (including phenoxy) is 2. The largest absolute Gasteiger partial charge is 0.462 e. The molecule has 0 unspecified atom stereocenters. The summed E-state index contributed by atoms with van der Waals surface area (Å²) < 4.78 is 15.9. The molecule has 0 bridgehead atoms. The third kappa shape index (κ3) is 4.31. The van der Waals surface area contributed by atoms with Crippen molar-refractivity contribution in [2.24, 2.45) is 0 Å². The van der Waals surface area contributed by atoms with Gasteiger partial charge in [0.2, 0.25) is 5.43 Å². The molecule has 0 spiro atoms. The van der Waals surface area contributed by atoms with Crippen LogP contribution in [0.4, 0.5) is 10.5 Å². The van der Waals surface area contributed by atoms with Gasteiger partial charge in [0.05, 0.1) is 23.4 Å². The molecule has 0 aliphatic heterocycles. The van der Waals surface area contributed by atoms with E-state index >= 15 is 0 Å². The number of hydrogen-bond acceptors (Lipinski definition) is 8. The van der Waals surface area contributed by atoms with Gasteiger partial charge in [0.15, 0.2) is 11.1 Å². The van der Waals surface area contributed by atoms with Crippen molar-refractivity contribution in [2.45, 2.75) is 6.92 Å². The number of carbonyl (C=O) groups is 2. The number of carbonyl (C=O) groups excluding carboxylic acids is 2. The Bertz CT molecular complexity index is 1350. The molecular weight excluding hydrogens is 414 g/mol. The molecule has 9 nitrogen and oxygen atoms in total. The third-order valence-corrected chi connectivity index (χ3v) is 4.44. The van der Waals surface area contributed by atoms with Gasteiger partial charge in [-0.25, -0.2) is 14.6 Å². The molecule has 0 atom stereocenters. The maximum absolute atomic E-state index is 13.0. The number of pyridine rings is 2. The SMILES string of the molecule is CCOC(=O)Nc1cc(OC(=O)c2cccnc2)ccc1-c1coc2cccnc2c1=O. The molecule has 4 rings (SSSR count). The monoisotopic (exact) mass is 431 g/mol. The molecule has 1 amide bonds. The van der Waals surface area contributed by atoms with Crippen LogP contribution in [-0.4, -0.2) is 28.6 Å². The summed E-state index contributed by atoms with van der Waals surface area (Å²) in [6.45, 7) is 1.81. The van der Waals surface area contributed by atoms with E-state index in [1.165, 1.54) is 43.1 Å². The van der Waals surface area contributed by atoms with Gasteiger partial charge in [-0.05, 0) is 43.3 Å². The van der Waals surface area contributed by atoms with Crippen molar-refractivity contribution in [1.29, 1.82) is 0 Å². The van der Waals surface area contributed by atoms with Crippen molar-refractivity contribution in [3.05, 3.63) is 83.1 Å². The number of nitrogens with zero attached hydrogens (tertiary/aromatic N) is 2. The summed E-state index contributed by atoms with van der Waals surface area (Å²) in [5, 5.41) is 2.57. The van der Waals surface area contributed by atoms with Gasteiger partial charge in [-0.2, -0.15) is 0 Å². The number of anilines is 1. The van der Waals surface area contributed by atoms with Gasteiger partial charge in [0, 0.05) is 30.2 Å². The Labute approximate surface area is 181 Å². The smallest absolute Gasteiger partial charge is 0.411 e. The Balaban J connectivity index is 1.75. The van der Waals surface area contributed by atoms with Crippen LogP contribution in [0.25, 0.3) is 22.2 Å². The molecule has 160 valence electrons. The van der Waals surface area contributed by atoms with Crippen molar-refractivity contribution in [2.75, 3.05) is 11.9 Å². The molecule has 0 saturated heterocycles. The fourth-order valence-corrected chi connectivity index (χ4v) is 3.00.